The molecule has 4 aliphatic rings. The maximum Gasteiger partial charge on any atom is 0.236 e. The molecule has 1 amide bonds. The molecule has 4 fully saturated rings. The largest absolute Gasteiger partial charge is 0.369 e. The molecule has 2 bridgehead atoms. The topological polar surface area (TPSA) is 30.0 Å². The SMILES string of the molecule is Cc1cccc(N2CCN(CC(=O)N3C[C@@H]4C[C@H](C3)[C@@H]3CCCCN3C4)CC2)c1. The van der Waals surface area contributed by atoms with Crippen LogP contribution in [0, 0.1) is 18.8 Å². The van der Waals surface area contributed by atoms with Crippen LogP contribution in [0.25, 0.3) is 0 Å². The van der Waals surface area contributed by atoms with E-state index in [0.717, 1.165) is 45.3 Å². The Bertz CT molecular complexity index is 729. The van der Waals surface area contributed by atoms with Crippen LogP contribution < -0.4 is 4.90 Å². The van der Waals surface area contributed by atoms with Crippen molar-refractivity contribution in [2.45, 2.75) is 38.6 Å². The minimum atomic E-state index is 0.368. The highest BCUT2D eigenvalue weighted by Gasteiger charge is 2.42. The summed E-state index contributed by atoms with van der Waals surface area (Å²) in [6.07, 6.45) is 5.44. The Morgan fingerprint density at radius 3 is 2.72 bits per heavy atom. The number of aryl methyl sites for hydroxylation is 1. The van der Waals surface area contributed by atoms with Gasteiger partial charge in [0.05, 0.1) is 6.54 Å². The van der Waals surface area contributed by atoms with Crippen LogP contribution in [-0.2, 0) is 4.79 Å². The molecule has 0 radical (unpaired) electrons. The number of hydrogen-bond acceptors (Lipinski definition) is 4. The Kier molecular flexibility index (Phi) is 5.53. The van der Waals surface area contributed by atoms with Crippen molar-refractivity contribution in [3.8, 4) is 0 Å². The number of amides is 1. The summed E-state index contributed by atoms with van der Waals surface area (Å²) < 4.78 is 0. The fraction of sp³-hybridized carbons (Fsp3) is 0.708. The lowest BCUT2D eigenvalue weighted by Crippen LogP contribution is -2.60. The third-order valence-electron chi connectivity index (χ3n) is 7.72. The van der Waals surface area contributed by atoms with Gasteiger partial charge in [0, 0.05) is 57.5 Å². The van der Waals surface area contributed by atoms with Gasteiger partial charge in [-0.25, -0.2) is 0 Å². The Hall–Kier alpha value is -1.59. The third kappa shape index (κ3) is 4.17. The van der Waals surface area contributed by atoms with Crippen molar-refractivity contribution < 1.29 is 4.79 Å². The first-order chi connectivity index (χ1) is 14.2. The minimum Gasteiger partial charge on any atom is -0.369 e. The monoisotopic (exact) mass is 396 g/mol. The summed E-state index contributed by atoms with van der Waals surface area (Å²) in [4.78, 5) is 22.9. The van der Waals surface area contributed by atoms with Gasteiger partial charge < -0.3 is 9.80 Å². The second-order valence-corrected chi connectivity index (χ2v) is 9.82. The average molecular weight is 397 g/mol. The van der Waals surface area contributed by atoms with E-state index >= 15 is 0 Å². The molecule has 5 heteroatoms. The van der Waals surface area contributed by atoms with E-state index in [9.17, 15) is 4.79 Å². The van der Waals surface area contributed by atoms with Gasteiger partial charge >= 0.3 is 0 Å². The van der Waals surface area contributed by atoms with Gasteiger partial charge in [-0.1, -0.05) is 18.6 Å². The number of hydrogen-bond donors (Lipinski definition) is 0. The molecule has 0 aromatic heterocycles. The molecule has 4 saturated heterocycles. The molecule has 4 heterocycles. The minimum absolute atomic E-state index is 0.368. The maximum absolute atomic E-state index is 13.1. The van der Waals surface area contributed by atoms with Gasteiger partial charge in [-0.3, -0.25) is 14.6 Å². The van der Waals surface area contributed by atoms with Crippen molar-refractivity contribution >= 4 is 11.6 Å². The first-order valence-electron chi connectivity index (χ1n) is 11.7. The Labute approximate surface area is 175 Å². The number of piperidine rings is 3. The first-order valence-corrected chi connectivity index (χ1v) is 11.7. The van der Waals surface area contributed by atoms with Crippen LogP contribution in [0.4, 0.5) is 5.69 Å². The predicted molar refractivity (Wildman–Crippen MR) is 117 cm³/mol. The highest BCUT2D eigenvalue weighted by atomic mass is 16.2. The van der Waals surface area contributed by atoms with Crippen LogP contribution >= 0.6 is 0 Å². The quantitative estimate of drug-likeness (QED) is 0.785. The summed E-state index contributed by atoms with van der Waals surface area (Å²) in [7, 11) is 0. The zero-order valence-electron chi connectivity index (χ0n) is 17.9. The maximum atomic E-state index is 13.1. The second-order valence-electron chi connectivity index (χ2n) is 9.82. The molecule has 5 nitrogen and oxygen atoms in total. The van der Waals surface area contributed by atoms with Gasteiger partial charge in [0.25, 0.3) is 0 Å². The summed E-state index contributed by atoms with van der Waals surface area (Å²) in [5.41, 5.74) is 2.63. The molecule has 0 saturated carbocycles. The molecule has 1 aromatic carbocycles. The number of anilines is 1. The zero-order valence-corrected chi connectivity index (χ0v) is 17.9. The van der Waals surface area contributed by atoms with Gasteiger partial charge in [0.2, 0.25) is 5.91 Å². The summed E-state index contributed by atoms with van der Waals surface area (Å²) in [5.74, 6) is 1.78. The number of piperazine rings is 1. The summed E-state index contributed by atoms with van der Waals surface area (Å²) in [6.45, 7) is 11.2. The molecule has 4 aliphatic heterocycles. The highest BCUT2D eigenvalue weighted by Crippen LogP contribution is 2.37. The fourth-order valence-corrected chi connectivity index (χ4v) is 6.25. The zero-order chi connectivity index (χ0) is 19.8. The third-order valence-corrected chi connectivity index (χ3v) is 7.72. The number of carbonyl (C=O) groups is 1. The van der Waals surface area contributed by atoms with E-state index in [1.807, 2.05) is 0 Å². The van der Waals surface area contributed by atoms with Crippen LogP contribution in [0.3, 0.4) is 0 Å². The number of rotatable bonds is 3. The molecule has 0 unspecified atom stereocenters. The van der Waals surface area contributed by atoms with E-state index < -0.39 is 0 Å². The standard InChI is InChI=1S/C24H36N4O/c1-19-5-4-6-22(13-19)26-11-9-25(10-12-26)18-24(29)28-16-20-14-21(17-28)23-7-2-3-8-27(23)15-20/h4-6,13,20-21,23H,2-3,7-12,14-18H2,1H3/t20-,21-,23+/m1/s1. The molecule has 29 heavy (non-hydrogen) atoms. The Morgan fingerprint density at radius 1 is 1.03 bits per heavy atom. The predicted octanol–water partition coefficient (Wildman–Crippen LogP) is 2.45. The number of nitrogens with zero attached hydrogens (tertiary/aromatic N) is 4. The average Bonchev–Trinajstić information content (AvgIpc) is 2.74. The summed E-state index contributed by atoms with van der Waals surface area (Å²) >= 11 is 0. The lowest BCUT2D eigenvalue weighted by atomic mass is 9.76. The molecule has 158 valence electrons. The van der Waals surface area contributed by atoms with Gasteiger partial charge in [0.1, 0.15) is 0 Å². The number of fused-ring (bicyclic) bond motifs is 4. The van der Waals surface area contributed by atoms with Crippen molar-refractivity contribution in [2.75, 3.05) is 63.8 Å². The van der Waals surface area contributed by atoms with E-state index in [4.69, 9.17) is 0 Å². The fourth-order valence-electron chi connectivity index (χ4n) is 6.25. The molecule has 0 N–H and O–H groups in total. The van der Waals surface area contributed by atoms with Crippen molar-refractivity contribution in [3.05, 3.63) is 29.8 Å². The molecule has 3 atom stereocenters. The number of benzene rings is 1. The Balaban J connectivity index is 1.14. The van der Waals surface area contributed by atoms with Crippen molar-refractivity contribution in [3.63, 3.8) is 0 Å². The lowest BCUT2D eigenvalue weighted by molar-refractivity contribution is -0.139. The van der Waals surface area contributed by atoms with Gasteiger partial charge in [-0.2, -0.15) is 0 Å². The summed E-state index contributed by atoms with van der Waals surface area (Å²) in [6, 6.07) is 9.50. The van der Waals surface area contributed by atoms with Crippen LogP contribution in [0.2, 0.25) is 0 Å². The molecule has 0 aliphatic carbocycles. The highest BCUT2D eigenvalue weighted by molar-refractivity contribution is 5.78. The van der Waals surface area contributed by atoms with Crippen molar-refractivity contribution in [1.29, 1.82) is 0 Å². The molecule has 5 rings (SSSR count). The number of carbonyl (C=O) groups excluding carboxylic acids is 1. The molecule has 1 aromatic rings. The van der Waals surface area contributed by atoms with Crippen molar-refractivity contribution in [1.82, 2.24) is 14.7 Å². The van der Waals surface area contributed by atoms with Gasteiger partial charge in [-0.15, -0.1) is 0 Å². The second kappa shape index (κ2) is 8.27. The van der Waals surface area contributed by atoms with E-state index in [2.05, 4.69) is 50.8 Å². The molecule has 0 spiro atoms. The van der Waals surface area contributed by atoms with E-state index in [1.165, 1.54) is 50.0 Å². The van der Waals surface area contributed by atoms with Crippen molar-refractivity contribution in [2.24, 2.45) is 11.8 Å². The first kappa shape index (κ1) is 19.4. The van der Waals surface area contributed by atoms with E-state index in [-0.39, 0.29) is 0 Å². The van der Waals surface area contributed by atoms with Crippen LogP contribution in [0.1, 0.15) is 31.2 Å². The van der Waals surface area contributed by atoms with Gasteiger partial charge in [0.15, 0.2) is 0 Å². The smallest absolute Gasteiger partial charge is 0.236 e. The van der Waals surface area contributed by atoms with Gasteiger partial charge in [-0.05, 0) is 62.3 Å². The van der Waals surface area contributed by atoms with Crippen LogP contribution in [0.5, 0.6) is 0 Å². The van der Waals surface area contributed by atoms with E-state index in [1.54, 1.807) is 0 Å². The lowest BCUT2D eigenvalue weighted by Gasteiger charge is -2.52. The Morgan fingerprint density at radius 2 is 1.90 bits per heavy atom. The molecular weight excluding hydrogens is 360 g/mol. The van der Waals surface area contributed by atoms with Crippen LogP contribution in [0.15, 0.2) is 24.3 Å². The number of likely N-dealkylation sites (tertiary alicyclic amines) is 1. The van der Waals surface area contributed by atoms with Crippen LogP contribution in [-0.4, -0.2) is 85.6 Å². The van der Waals surface area contributed by atoms with E-state index in [0.29, 0.717) is 24.3 Å². The molecular formula is C24H36N4O. The summed E-state index contributed by atoms with van der Waals surface area (Å²) in [5, 5.41) is 0. The normalized spacial score (nSPS) is 30.9.